The highest BCUT2D eigenvalue weighted by atomic mass is 16.5. The van der Waals surface area contributed by atoms with Gasteiger partial charge in [-0.1, -0.05) is 35.0 Å². The molecule has 23 heavy (non-hydrogen) atoms. The van der Waals surface area contributed by atoms with E-state index >= 15 is 0 Å². The fourth-order valence-electron chi connectivity index (χ4n) is 2.04. The van der Waals surface area contributed by atoms with Gasteiger partial charge in [-0.3, -0.25) is 9.59 Å². The summed E-state index contributed by atoms with van der Waals surface area (Å²) < 4.78 is 5.28. The Morgan fingerprint density at radius 3 is 2.78 bits per heavy atom. The van der Waals surface area contributed by atoms with Gasteiger partial charge in [0.15, 0.2) is 11.8 Å². The first-order valence-corrected chi connectivity index (χ1v) is 7.05. The van der Waals surface area contributed by atoms with E-state index in [1.54, 1.807) is 6.07 Å². The summed E-state index contributed by atoms with van der Waals surface area (Å²) >= 11 is 0. The lowest BCUT2D eigenvalue weighted by molar-refractivity contribution is -0.121. The van der Waals surface area contributed by atoms with Crippen LogP contribution in [0.4, 0.5) is 0 Å². The van der Waals surface area contributed by atoms with Crippen molar-refractivity contribution in [2.75, 3.05) is 0 Å². The Hall–Kier alpha value is -3.09. The predicted octanol–water partition coefficient (Wildman–Crippen LogP) is 2.18. The van der Waals surface area contributed by atoms with Crippen LogP contribution in [0.1, 0.15) is 11.3 Å². The zero-order chi connectivity index (χ0) is 16.2. The van der Waals surface area contributed by atoms with Gasteiger partial charge in [-0.15, -0.1) is 5.11 Å². The maximum atomic E-state index is 11.9. The molecule has 1 aromatic heterocycles. The molecule has 1 aromatic carbocycles. The number of aryl methyl sites for hydroxylation is 1. The Morgan fingerprint density at radius 2 is 2.09 bits per heavy atom. The molecule has 2 heterocycles. The number of carbonyl (C=O) groups excluding carboxylic acids is 2. The lowest BCUT2D eigenvalue weighted by atomic mass is 10.1. The SMILES string of the molecule is Cc1ccc(-c2cc(CNC(=O)C3C=CC(=O)N=N3)no2)cc1. The summed E-state index contributed by atoms with van der Waals surface area (Å²) in [6.45, 7) is 2.22. The fourth-order valence-corrected chi connectivity index (χ4v) is 2.04. The Labute approximate surface area is 132 Å². The summed E-state index contributed by atoms with van der Waals surface area (Å²) in [5.41, 5.74) is 2.68. The molecule has 0 saturated heterocycles. The number of carbonyl (C=O) groups is 2. The van der Waals surface area contributed by atoms with E-state index in [-0.39, 0.29) is 12.5 Å². The normalized spacial score (nSPS) is 16.6. The lowest BCUT2D eigenvalue weighted by Crippen LogP contribution is -2.32. The van der Waals surface area contributed by atoms with Crippen LogP contribution in [0.3, 0.4) is 0 Å². The van der Waals surface area contributed by atoms with Crippen LogP contribution < -0.4 is 5.32 Å². The van der Waals surface area contributed by atoms with Crippen LogP contribution in [0, 0.1) is 6.92 Å². The Morgan fingerprint density at radius 1 is 1.30 bits per heavy atom. The fraction of sp³-hybridized carbons (Fsp3) is 0.188. The minimum absolute atomic E-state index is 0.210. The monoisotopic (exact) mass is 310 g/mol. The molecule has 7 nitrogen and oxygen atoms in total. The van der Waals surface area contributed by atoms with E-state index in [4.69, 9.17) is 4.52 Å². The number of hydrogen-bond acceptors (Lipinski definition) is 5. The second-order valence-corrected chi connectivity index (χ2v) is 5.12. The average Bonchev–Trinajstić information content (AvgIpc) is 3.03. The molecule has 7 heteroatoms. The van der Waals surface area contributed by atoms with E-state index in [1.165, 1.54) is 12.2 Å². The highest BCUT2D eigenvalue weighted by Gasteiger charge is 2.18. The van der Waals surface area contributed by atoms with E-state index in [0.717, 1.165) is 11.1 Å². The molecule has 1 atom stereocenters. The van der Waals surface area contributed by atoms with Gasteiger partial charge < -0.3 is 9.84 Å². The first-order valence-electron chi connectivity index (χ1n) is 7.05. The molecule has 0 saturated carbocycles. The van der Waals surface area contributed by atoms with Crippen LogP contribution in [-0.2, 0) is 16.1 Å². The second-order valence-electron chi connectivity index (χ2n) is 5.12. The molecule has 2 amide bonds. The molecule has 0 radical (unpaired) electrons. The molecule has 1 N–H and O–H groups in total. The molecule has 0 fully saturated rings. The summed E-state index contributed by atoms with van der Waals surface area (Å²) in [6.07, 6.45) is 2.63. The summed E-state index contributed by atoms with van der Waals surface area (Å²) in [5, 5.41) is 13.6. The zero-order valence-corrected chi connectivity index (χ0v) is 12.4. The van der Waals surface area contributed by atoms with Crippen molar-refractivity contribution in [3.8, 4) is 11.3 Å². The number of azo groups is 1. The van der Waals surface area contributed by atoms with Gasteiger partial charge in [0.25, 0.3) is 11.8 Å². The number of hydrogen-bond donors (Lipinski definition) is 1. The summed E-state index contributed by atoms with van der Waals surface area (Å²) in [5.74, 6) is -0.178. The second kappa shape index (κ2) is 6.35. The summed E-state index contributed by atoms with van der Waals surface area (Å²) in [6, 6.07) is 8.86. The van der Waals surface area contributed by atoms with E-state index < -0.39 is 11.9 Å². The van der Waals surface area contributed by atoms with Crippen LogP contribution in [0.2, 0.25) is 0 Å². The van der Waals surface area contributed by atoms with Gasteiger partial charge in [0.05, 0.1) is 6.54 Å². The van der Waals surface area contributed by atoms with E-state index in [0.29, 0.717) is 11.5 Å². The van der Waals surface area contributed by atoms with Gasteiger partial charge in [-0.05, 0) is 13.0 Å². The summed E-state index contributed by atoms with van der Waals surface area (Å²) in [4.78, 5) is 22.8. The van der Waals surface area contributed by atoms with E-state index in [2.05, 4.69) is 20.7 Å². The quantitative estimate of drug-likeness (QED) is 0.936. The zero-order valence-electron chi connectivity index (χ0n) is 12.4. The Kier molecular flexibility index (Phi) is 4.09. The van der Waals surface area contributed by atoms with Gasteiger partial charge in [-0.2, -0.15) is 5.11 Å². The first-order chi connectivity index (χ1) is 11.1. The minimum atomic E-state index is -0.781. The first kappa shape index (κ1) is 14.8. The van der Waals surface area contributed by atoms with Crippen LogP contribution in [-0.4, -0.2) is 23.0 Å². The van der Waals surface area contributed by atoms with Crippen molar-refractivity contribution in [2.45, 2.75) is 19.5 Å². The molecule has 0 aliphatic carbocycles. The molecule has 1 aliphatic heterocycles. The number of benzene rings is 1. The van der Waals surface area contributed by atoms with E-state index in [1.807, 2.05) is 31.2 Å². The molecule has 0 spiro atoms. The third-order valence-corrected chi connectivity index (χ3v) is 3.31. The molecular weight excluding hydrogens is 296 g/mol. The van der Waals surface area contributed by atoms with Crippen LogP contribution >= 0.6 is 0 Å². The van der Waals surface area contributed by atoms with Crippen molar-refractivity contribution in [3.63, 3.8) is 0 Å². The molecule has 116 valence electrons. The highest BCUT2D eigenvalue weighted by Crippen LogP contribution is 2.20. The highest BCUT2D eigenvalue weighted by molar-refractivity contribution is 5.92. The maximum absolute atomic E-state index is 11.9. The number of aromatic nitrogens is 1. The molecule has 2 aromatic rings. The van der Waals surface area contributed by atoms with Gasteiger partial charge in [-0.25, -0.2) is 0 Å². The standard InChI is InChI=1S/C16H14N4O3/c1-10-2-4-11(5-3-10)14-8-12(20-23-14)9-17-16(22)13-6-7-15(21)19-18-13/h2-8,13H,9H2,1H3,(H,17,22). The largest absolute Gasteiger partial charge is 0.356 e. The number of rotatable bonds is 4. The maximum Gasteiger partial charge on any atom is 0.287 e. The van der Waals surface area contributed by atoms with Crippen molar-refractivity contribution >= 4 is 11.8 Å². The third kappa shape index (κ3) is 3.57. The molecular formula is C16H14N4O3. The topological polar surface area (TPSA) is 96.9 Å². The number of nitrogens with zero attached hydrogens (tertiary/aromatic N) is 3. The van der Waals surface area contributed by atoms with Gasteiger partial charge in [0, 0.05) is 17.7 Å². The van der Waals surface area contributed by atoms with Crippen molar-refractivity contribution in [2.24, 2.45) is 10.2 Å². The number of amides is 2. The average molecular weight is 310 g/mol. The predicted molar refractivity (Wildman–Crippen MR) is 81.3 cm³/mol. The Balaban J connectivity index is 1.60. The summed E-state index contributed by atoms with van der Waals surface area (Å²) in [7, 11) is 0. The van der Waals surface area contributed by atoms with Crippen molar-refractivity contribution < 1.29 is 14.1 Å². The van der Waals surface area contributed by atoms with Gasteiger partial charge in [0.2, 0.25) is 0 Å². The molecule has 0 bridgehead atoms. The molecule has 3 rings (SSSR count). The van der Waals surface area contributed by atoms with Crippen molar-refractivity contribution in [3.05, 3.63) is 53.7 Å². The van der Waals surface area contributed by atoms with Crippen molar-refractivity contribution in [1.82, 2.24) is 10.5 Å². The third-order valence-electron chi connectivity index (χ3n) is 3.31. The van der Waals surface area contributed by atoms with Crippen molar-refractivity contribution in [1.29, 1.82) is 0 Å². The van der Waals surface area contributed by atoms with Gasteiger partial charge >= 0.3 is 0 Å². The minimum Gasteiger partial charge on any atom is -0.356 e. The number of nitrogens with one attached hydrogen (secondary N) is 1. The van der Waals surface area contributed by atoms with Crippen LogP contribution in [0.25, 0.3) is 11.3 Å². The smallest absolute Gasteiger partial charge is 0.287 e. The van der Waals surface area contributed by atoms with Gasteiger partial charge in [0.1, 0.15) is 5.69 Å². The molecule has 1 unspecified atom stereocenters. The van der Waals surface area contributed by atoms with Crippen LogP contribution in [0.15, 0.2) is 57.2 Å². The molecule has 1 aliphatic rings. The van der Waals surface area contributed by atoms with E-state index in [9.17, 15) is 9.59 Å². The Bertz CT molecular complexity index is 774. The lowest BCUT2D eigenvalue weighted by Gasteiger charge is -2.08. The van der Waals surface area contributed by atoms with Crippen LogP contribution in [0.5, 0.6) is 0 Å².